The van der Waals surface area contributed by atoms with Crippen molar-refractivity contribution in [2.45, 2.75) is 31.6 Å². The molecule has 0 bridgehead atoms. The second kappa shape index (κ2) is 11.5. The molecule has 3 aromatic rings. The Balaban J connectivity index is 1.78. The lowest BCUT2D eigenvalue weighted by atomic mass is 10.1. The summed E-state index contributed by atoms with van der Waals surface area (Å²) < 4.78 is 33.9. The van der Waals surface area contributed by atoms with E-state index in [0.29, 0.717) is 24.6 Å². The highest BCUT2D eigenvalue weighted by molar-refractivity contribution is 7.92. The topological polar surface area (TPSA) is 75.7 Å². The van der Waals surface area contributed by atoms with E-state index in [9.17, 15) is 13.2 Å². The highest BCUT2D eigenvalue weighted by Crippen LogP contribution is 2.32. The Hall–Kier alpha value is -3.32. The van der Waals surface area contributed by atoms with Crippen LogP contribution in [-0.4, -0.2) is 34.0 Å². The number of carbonyl (C=O) groups excluding carboxylic acids is 1. The fourth-order valence-corrected chi connectivity index (χ4v) is 4.86. The van der Waals surface area contributed by atoms with Crippen molar-refractivity contribution in [3.8, 4) is 5.75 Å². The molecule has 0 saturated carbocycles. The highest BCUT2D eigenvalue weighted by atomic mass is 32.2. The van der Waals surface area contributed by atoms with Crippen LogP contribution in [0.4, 0.5) is 5.69 Å². The molecular formula is C26H30N2O4S. The average Bonchev–Trinajstić information content (AvgIpc) is 2.82. The van der Waals surface area contributed by atoms with E-state index in [1.54, 1.807) is 48.5 Å². The number of carbonyl (C=O) groups is 1. The summed E-state index contributed by atoms with van der Waals surface area (Å²) in [5, 5.41) is 2.85. The zero-order chi connectivity index (χ0) is 23.7. The largest absolute Gasteiger partial charge is 0.492 e. The maximum absolute atomic E-state index is 13.5. The van der Waals surface area contributed by atoms with Gasteiger partial charge in [0.25, 0.3) is 10.0 Å². The number of ether oxygens (including phenoxy) is 1. The SMILES string of the molecule is CCOc1ccccc1N(CC(=O)NCCCc1ccccc1)S(=O)(=O)c1ccc(C)cc1. The van der Waals surface area contributed by atoms with Crippen LogP contribution in [0.15, 0.2) is 83.8 Å². The second-order valence-corrected chi connectivity index (χ2v) is 9.53. The maximum Gasteiger partial charge on any atom is 0.264 e. The van der Waals surface area contributed by atoms with Crippen LogP contribution in [0, 0.1) is 6.92 Å². The number of nitrogens with zero attached hydrogens (tertiary/aromatic N) is 1. The summed E-state index contributed by atoms with van der Waals surface area (Å²) in [5.41, 5.74) is 2.48. The number of rotatable bonds is 11. The molecule has 0 heterocycles. The zero-order valence-electron chi connectivity index (χ0n) is 19.0. The number of para-hydroxylation sites is 2. The van der Waals surface area contributed by atoms with Gasteiger partial charge in [0.15, 0.2) is 0 Å². The van der Waals surface area contributed by atoms with Gasteiger partial charge in [-0.15, -0.1) is 0 Å². The maximum atomic E-state index is 13.5. The molecule has 0 fully saturated rings. The first-order valence-corrected chi connectivity index (χ1v) is 12.5. The third-order valence-corrected chi connectivity index (χ3v) is 6.91. The van der Waals surface area contributed by atoms with Crippen molar-refractivity contribution in [3.05, 3.63) is 90.0 Å². The summed E-state index contributed by atoms with van der Waals surface area (Å²) >= 11 is 0. The van der Waals surface area contributed by atoms with Gasteiger partial charge in [0.2, 0.25) is 5.91 Å². The predicted molar refractivity (Wildman–Crippen MR) is 131 cm³/mol. The Morgan fingerprint density at radius 1 is 0.939 bits per heavy atom. The number of aryl methyl sites for hydroxylation is 2. The van der Waals surface area contributed by atoms with E-state index in [4.69, 9.17) is 4.74 Å². The molecule has 0 saturated heterocycles. The zero-order valence-corrected chi connectivity index (χ0v) is 19.8. The van der Waals surface area contributed by atoms with Crippen molar-refractivity contribution in [2.24, 2.45) is 0 Å². The summed E-state index contributed by atoms with van der Waals surface area (Å²) in [5.74, 6) is 0.0395. The molecular weight excluding hydrogens is 436 g/mol. The third-order valence-electron chi connectivity index (χ3n) is 5.14. The van der Waals surface area contributed by atoms with Crippen LogP contribution in [0.25, 0.3) is 0 Å². The van der Waals surface area contributed by atoms with E-state index >= 15 is 0 Å². The minimum atomic E-state index is -3.99. The number of nitrogens with one attached hydrogen (secondary N) is 1. The summed E-state index contributed by atoms with van der Waals surface area (Å²) in [4.78, 5) is 12.9. The number of benzene rings is 3. The average molecular weight is 467 g/mol. The molecule has 6 nitrogen and oxygen atoms in total. The van der Waals surface area contributed by atoms with Crippen molar-refractivity contribution < 1.29 is 17.9 Å². The monoisotopic (exact) mass is 466 g/mol. The highest BCUT2D eigenvalue weighted by Gasteiger charge is 2.29. The van der Waals surface area contributed by atoms with Crippen LogP contribution >= 0.6 is 0 Å². The smallest absolute Gasteiger partial charge is 0.264 e. The van der Waals surface area contributed by atoms with Crippen molar-refractivity contribution >= 4 is 21.6 Å². The van der Waals surface area contributed by atoms with Gasteiger partial charge in [-0.3, -0.25) is 9.10 Å². The Labute approximate surface area is 196 Å². The molecule has 3 aromatic carbocycles. The molecule has 0 aliphatic carbocycles. The van der Waals surface area contributed by atoms with Gasteiger partial charge < -0.3 is 10.1 Å². The first-order valence-electron chi connectivity index (χ1n) is 11.0. The fraction of sp³-hybridized carbons (Fsp3) is 0.269. The summed E-state index contributed by atoms with van der Waals surface area (Å²) in [6.45, 7) is 4.21. The summed E-state index contributed by atoms with van der Waals surface area (Å²) in [7, 11) is -3.99. The van der Waals surface area contributed by atoms with Gasteiger partial charge in [-0.05, 0) is 56.5 Å². The number of amides is 1. The van der Waals surface area contributed by atoms with Crippen LogP contribution in [0.2, 0.25) is 0 Å². The molecule has 0 aliphatic rings. The van der Waals surface area contributed by atoms with E-state index in [1.807, 2.05) is 44.2 Å². The molecule has 174 valence electrons. The van der Waals surface area contributed by atoms with E-state index in [1.165, 1.54) is 5.56 Å². The lowest BCUT2D eigenvalue weighted by Gasteiger charge is -2.26. The number of sulfonamides is 1. The first-order chi connectivity index (χ1) is 15.9. The van der Waals surface area contributed by atoms with Crippen molar-refractivity contribution in [1.29, 1.82) is 0 Å². The van der Waals surface area contributed by atoms with Gasteiger partial charge in [0.1, 0.15) is 12.3 Å². The van der Waals surface area contributed by atoms with Gasteiger partial charge in [0, 0.05) is 6.54 Å². The number of hydrogen-bond donors (Lipinski definition) is 1. The summed E-state index contributed by atoms with van der Waals surface area (Å²) in [6.07, 6.45) is 1.59. The number of hydrogen-bond acceptors (Lipinski definition) is 4. The Bertz CT molecular complexity index is 1150. The molecule has 0 spiro atoms. The molecule has 0 radical (unpaired) electrons. The lowest BCUT2D eigenvalue weighted by Crippen LogP contribution is -2.41. The van der Waals surface area contributed by atoms with Crippen LogP contribution in [0.5, 0.6) is 5.75 Å². The van der Waals surface area contributed by atoms with Crippen LogP contribution in [-0.2, 0) is 21.2 Å². The molecule has 3 rings (SSSR count). The van der Waals surface area contributed by atoms with Crippen LogP contribution in [0.1, 0.15) is 24.5 Å². The minimum absolute atomic E-state index is 0.122. The van der Waals surface area contributed by atoms with Gasteiger partial charge >= 0.3 is 0 Å². The van der Waals surface area contributed by atoms with E-state index in [2.05, 4.69) is 5.32 Å². The normalized spacial score (nSPS) is 11.1. The molecule has 7 heteroatoms. The summed E-state index contributed by atoms with van der Waals surface area (Å²) in [6, 6.07) is 23.5. The third kappa shape index (κ3) is 6.58. The van der Waals surface area contributed by atoms with Crippen LogP contribution < -0.4 is 14.4 Å². The van der Waals surface area contributed by atoms with Crippen molar-refractivity contribution in [3.63, 3.8) is 0 Å². The fourth-order valence-electron chi connectivity index (χ4n) is 3.43. The van der Waals surface area contributed by atoms with Crippen molar-refractivity contribution in [2.75, 3.05) is 24.0 Å². The molecule has 0 aliphatic heterocycles. The molecule has 33 heavy (non-hydrogen) atoms. The quantitative estimate of drug-likeness (QED) is 0.427. The second-order valence-electron chi connectivity index (χ2n) is 7.66. The standard InChI is InChI=1S/C26H30N2O4S/c1-3-32-25-14-8-7-13-24(25)28(33(30,31)23-17-15-21(2)16-18-23)20-26(29)27-19-9-12-22-10-5-4-6-11-22/h4-8,10-11,13-18H,3,9,12,19-20H2,1-2H3,(H,27,29). The lowest BCUT2D eigenvalue weighted by molar-refractivity contribution is -0.119. The molecule has 0 aromatic heterocycles. The van der Waals surface area contributed by atoms with Gasteiger partial charge in [0.05, 0.1) is 17.2 Å². The van der Waals surface area contributed by atoms with E-state index < -0.39 is 10.0 Å². The van der Waals surface area contributed by atoms with E-state index in [-0.39, 0.29) is 17.3 Å². The molecule has 0 atom stereocenters. The van der Waals surface area contributed by atoms with Gasteiger partial charge in [-0.25, -0.2) is 8.42 Å². The number of anilines is 1. The first kappa shape index (κ1) is 24.3. The Morgan fingerprint density at radius 2 is 1.61 bits per heavy atom. The molecule has 1 N–H and O–H groups in total. The minimum Gasteiger partial charge on any atom is -0.492 e. The molecule has 0 unspecified atom stereocenters. The van der Waals surface area contributed by atoms with E-state index in [0.717, 1.165) is 22.7 Å². The Kier molecular flexibility index (Phi) is 8.49. The van der Waals surface area contributed by atoms with Gasteiger partial charge in [-0.2, -0.15) is 0 Å². The molecule has 1 amide bonds. The Morgan fingerprint density at radius 3 is 2.30 bits per heavy atom. The van der Waals surface area contributed by atoms with Crippen molar-refractivity contribution in [1.82, 2.24) is 5.32 Å². The predicted octanol–water partition coefficient (Wildman–Crippen LogP) is 4.34. The van der Waals surface area contributed by atoms with Gasteiger partial charge in [-0.1, -0.05) is 60.2 Å². The van der Waals surface area contributed by atoms with Crippen LogP contribution in [0.3, 0.4) is 0 Å².